The van der Waals surface area contributed by atoms with Crippen molar-refractivity contribution in [3.05, 3.63) is 30.0 Å². The van der Waals surface area contributed by atoms with Gasteiger partial charge in [0.1, 0.15) is 11.6 Å². The average molecular weight is 279 g/mol. The predicted molar refractivity (Wildman–Crippen MR) is 84.5 cm³/mol. The fraction of sp³-hybridized carbons (Fsp3) is 0.312. The molecule has 0 radical (unpaired) electrons. The van der Waals surface area contributed by atoms with Gasteiger partial charge in [0, 0.05) is 35.2 Å². The Kier molecular flexibility index (Phi) is 2.04. The summed E-state index contributed by atoms with van der Waals surface area (Å²) in [4.78, 5) is 6.14. The van der Waals surface area contributed by atoms with Crippen LogP contribution in [0.15, 0.2) is 24.4 Å². The molecule has 6 rings (SSSR count). The summed E-state index contributed by atoms with van der Waals surface area (Å²) in [6.45, 7) is 2.35. The van der Waals surface area contributed by atoms with Gasteiger partial charge in [0.05, 0.1) is 11.7 Å². The lowest BCUT2D eigenvalue weighted by atomic mass is 9.84. The molecule has 21 heavy (non-hydrogen) atoms. The summed E-state index contributed by atoms with van der Waals surface area (Å²) in [5, 5.41) is 8.23. The summed E-state index contributed by atoms with van der Waals surface area (Å²) < 4.78 is 0. The first-order valence-electron chi connectivity index (χ1n) is 7.51. The Morgan fingerprint density at radius 3 is 2.81 bits per heavy atom. The Morgan fingerprint density at radius 2 is 2.05 bits per heavy atom. The molecule has 1 fully saturated rings. The summed E-state index contributed by atoms with van der Waals surface area (Å²) >= 11 is 0. The topological polar surface area (TPSA) is 73.7 Å². The molecule has 3 aromatic rings. The van der Waals surface area contributed by atoms with Crippen molar-refractivity contribution in [1.29, 1.82) is 0 Å². The van der Waals surface area contributed by atoms with Gasteiger partial charge in [0.25, 0.3) is 0 Å². The lowest BCUT2D eigenvalue weighted by molar-refractivity contribution is 0.475. The molecule has 0 atom stereocenters. The number of nitrogen functional groups attached to an aromatic ring is 1. The van der Waals surface area contributed by atoms with Crippen molar-refractivity contribution >= 4 is 22.5 Å². The van der Waals surface area contributed by atoms with Crippen molar-refractivity contribution in [2.24, 2.45) is 0 Å². The summed E-state index contributed by atoms with van der Waals surface area (Å²) in [6, 6.07) is 6.46. The number of nitrogens with zero attached hydrogens (tertiary/aromatic N) is 2. The Bertz CT molecular complexity index is 836. The smallest absolute Gasteiger partial charge is 0.126 e. The summed E-state index contributed by atoms with van der Waals surface area (Å²) in [5.41, 5.74) is 10.8. The normalized spacial score (nSPS) is 17.6. The first-order chi connectivity index (χ1) is 10.3. The lowest BCUT2D eigenvalue weighted by Gasteiger charge is -2.40. The maximum Gasteiger partial charge on any atom is 0.126 e. The van der Waals surface area contributed by atoms with E-state index in [0.717, 1.165) is 11.1 Å². The number of hydrogen-bond donors (Lipinski definition) is 3. The van der Waals surface area contributed by atoms with E-state index in [1.165, 1.54) is 48.2 Å². The predicted octanol–water partition coefficient (Wildman–Crippen LogP) is 2.84. The lowest BCUT2D eigenvalue weighted by Crippen LogP contribution is -2.38. The number of nitrogens with two attached hydrogens (primary N) is 1. The molecular weight excluding hydrogens is 262 g/mol. The zero-order valence-corrected chi connectivity index (χ0v) is 11.7. The van der Waals surface area contributed by atoms with Gasteiger partial charge in [-0.05, 0) is 18.8 Å². The van der Waals surface area contributed by atoms with E-state index < -0.39 is 0 Å². The van der Waals surface area contributed by atoms with E-state index in [1.54, 1.807) is 6.20 Å². The van der Waals surface area contributed by atoms with E-state index in [9.17, 15) is 0 Å². The quantitative estimate of drug-likeness (QED) is 0.641. The molecule has 3 aliphatic rings. The first-order valence-corrected chi connectivity index (χ1v) is 7.51. The van der Waals surface area contributed by atoms with Crippen LogP contribution in [0.4, 0.5) is 11.6 Å². The van der Waals surface area contributed by atoms with Crippen molar-refractivity contribution in [2.45, 2.75) is 18.8 Å². The van der Waals surface area contributed by atoms with E-state index in [0.29, 0.717) is 11.7 Å². The molecule has 0 aliphatic carbocycles. The van der Waals surface area contributed by atoms with Gasteiger partial charge in [0.2, 0.25) is 0 Å². The van der Waals surface area contributed by atoms with Crippen molar-refractivity contribution in [1.82, 2.24) is 15.2 Å². The number of para-hydroxylation sites is 1. The molecule has 0 unspecified atom stereocenters. The largest absolute Gasteiger partial charge is 0.384 e. The molecule has 2 aromatic heterocycles. The maximum absolute atomic E-state index is 6.01. The number of hydrogen-bond acceptors (Lipinski definition) is 3. The maximum atomic E-state index is 6.01. The van der Waals surface area contributed by atoms with Gasteiger partial charge in [-0.3, -0.25) is 5.10 Å². The Hall–Kier alpha value is -2.43. The number of piperidine rings is 1. The second kappa shape index (κ2) is 3.81. The van der Waals surface area contributed by atoms with Crippen molar-refractivity contribution in [3.63, 3.8) is 0 Å². The minimum atomic E-state index is 0.623. The van der Waals surface area contributed by atoms with Crippen molar-refractivity contribution in [2.75, 3.05) is 23.7 Å². The van der Waals surface area contributed by atoms with Crippen LogP contribution in [0, 0.1) is 0 Å². The Labute approximate surface area is 122 Å². The van der Waals surface area contributed by atoms with Gasteiger partial charge in [-0.2, -0.15) is 5.10 Å². The highest BCUT2D eigenvalue weighted by atomic mass is 15.2. The van der Waals surface area contributed by atoms with Crippen LogP contribution < -0.4 is 10.6 Å². The molecule has 4 N–H and O–H groups in total. The summed E-state index contributed by atoms with van der Waals surface area (Å²) in [6.07, 6.45) is 4.36. The number of aromatic amines is 2. The van der Waals surface area contributed by atoms with Crippen LogP contribution >= 0.6 is 0 Å². The molecule has 0 spiro atoms. The Balaban J connectivity index is 1.83. The number of aromatic nitrogens is 3. The van der Waals surface area contributed by atoms with Crippen molar-refractivity contribution in [3.8, 4) is 11.1 Å². The number of anilines is 2. The highest BCUT2D eigenvalue weighted by Crippen LogP contribution is 2.47. The molecule has 5 heteroatoms. The number of H-pyrrole nitrogens is 2. The van der Waals surface area contributed by atoms with Gasteiger partial charge in [-0.15, -0.1) is 0 Å². The van der Waals surface area contributed by atoms with E-state index in [-0.39, 0.29) is 0 Å². The molecular formula is C16H17N5. The highest BCUT2D eigenvalue weighted by Gasteiger charge is 2.34. The first kappa shape index (κ1) is 11.3. The SMILES string of the molecule is Nc1[nH]ncc1-c1cccc2c3c([nH]c12)N1CCC3CC1. The molecule has 1 saturated heterocycles. The van der Waals surface area contributed by atoms with Crippen LogP contribution in [0.2, 0.25) is 0 Å². The van der Waals surface area contributed by atoms with E-state index in [1.807, 2.05) is 0 Å². The average Bonchev–Trinajstić information content (AvgIpc) is 3.12. The zero-order chi connectivity index (χ0) is 14.0. The number of rotatable bonds is 1. The van der Waals surface area contributed by atoms with E-state index >= 15 is 0 Å². The third kappa shape index (κ3) is 1.38. The number of nitrogens with one attached hydrogen (secondary N) is 2. The van der Waals surface area contributed by atoms with Crippen LogP contribution in [0.5, 0.6) is 0 Å². The third-order valence-electron chi connectivity index (χ3n) is 5.03. The van der Waals surface area contributed by atoms with Gasteiger partial charge >= 0.3 is 0 Å². The monoisotopic (exact) mass is 279 g/mol. The standard InChI is InChI=1S/C16H17N5/c17-15-12(8-18-20-15)10-2-1-3-11-13-9-4-6-21(7-5-9)16(13)19-14(10)11/h1-3,8-9,19H,4-7H2,(H3,17,18,20). The van der Waals surface area contributed by atoms with Gasteiger partial charge in [-0.25, -0.2) is 0 Å². The van der Waals surface area contributed by atoms with Gasteiger partial charge < -0.3 is 15.6 Å². The second-order valence-corrected chi connectivity index (χ2v) is 6.07. The van der Waals surface area contributed by atoms with Crippen molar-refractivity contribution < 1.29 is 0 Å². The van der Waals surface area contributed by atoms with Crippen LogP contribution in [0.1, 0.15) is 24.3 Å². The molecule has 0 saturated carbocycles. The van der Waals surface area contributed by atoms with E-state index in [4.69, 9.17) is 5.73 Å². The molecule has 5 heterocycles. The highest BCUT2D eigenvalue weighted by molar-refractivity contribution is 6.01. The number of benzene rings is 1. The van der Waals surface area contributed by atoms with Gasteiger partial charge in [0.15, 0.2) is 0 Å². The molecule has 3 aliphatic heterocycles. The van der Waals surface area contributed by atoms with Crippen LogP contribution in [-0.2, 0) is 0 Å². The molecule has 2 bridgehead atoms. The third-order valence-corrected chi connectivity index (χ3v) is 5.03. The van der Waals surface area contributed by atoms with Crippen LogP contribution in [-0.4, -0.2) is 28.3 Å². The molecule has 1 aromatic carbocycles. The number of fused-ring (bicyclic) bond motifs is 3. The van der Waals surface area contributed by atoms with Crippen LogP contribution in [0.25, 0.3) is 22.0 Å². The minimum absolute atomic E-state index is 0.623. The minimum Gasteiger partial charge on any atom is -0.384 e. The van der Waals surface area contributed by atoms with Gasteiger partial charge in [-0.1, -0.05) is 18.2 Å². The fourth-order valence-electron chi connectivity index (χ4n) is 4.01. The zero-order valence-electron chi connectivity index (χ0n) is 11.7. The Morgan fingerprint density at radius 1 is 1.19 bits per heavy atom. The van der Waals surface area contributed by atoms with E-state index in [2.05, 4.69) is 38.3 Å². The fourth-order valence-corrected chi connectivity index (χ4v) is 4.01. The molecule has 106 valence electrons. The summed E-state index contributed by atoms with van der Waals surface area (Å²) in [5.74, 6) is 2.65. The summed E-state index contributed by atoms with van der Waals surface area (Å²) in [7, 11) is 0. The van der Waals surface area contributed by atoms with Crippen LogP contribution in [0.3, 0.4) is 0 Å². The molecule has 0 amide bonds. The second-order valence-electron chi connectivity index (χ2n) is 6.07. The molecule has 5 nitrogen and oxygen atoms in total.